The number of urea groups is 1. The number of hydrogen-bond donors (Lipinski definition) is 1. The lowest BCUT2D eigenvalue weighted by Crippen LogP contribution is -2.52. The molecule has 1 saturated heterocycles. The first-order valence-electron chi connectivity index (χ1n) is 7.10. The summed E-state index contributed by atoms with van der Waals surface area (Å²) in [5, 5.41) is 0.621. The highest BCUT2D eigenvalue weighted by Gasteiger charge is 2.24. The molecule has 21 heavy (non-hydrogen) atoms. The van der Waals surface area contributed by atoms with Gasteiger partial charge < -0.3 is 15.5 Å². The van der Waals surface area contributed by atoms with Crippen LogP contribution < -0.4 is 5.73 Å². The van der Waals surface area contributed by atoms with E-state index in [0.29, 0.717) is 5.13 Å². The van der Waals surface area contributed by atoms with Crippen LogP contribution in [0.15, 0.2) is 6.20 Å². The molecule has 0 radical (unpaired) electrons. The number of carbonyl (C=O) groups is 1. The molecule has 0 aliphatic carbocycles. The highest BCUT2D eigenvalue weighted by Crippen LogP contribution is 2.17. The highest BCUT2D eigenvalue weighted by molar-refractivity contribution is 7.15. The van der Waals surface area contributed by atoms with E-state index in [0.717, 1.165) is 45.8 Å². The highest BCUT2D eigenvalue weighted by atomic mass is 35.5. The molecule has 120 valence electrons. The first-order chi connectivity index (χ1) is 9.63. The molecule has 0 atom stereocenters. The lowest BCUT2D eigenvalue weighted by atomic mass is 10.3. The van der Waals surface area contributed by atoms with Gasteiger partial charge in [0.05, 0.1) is 0 Å². The van der Waals surface area contributed by atoms with Crippen LogP contribution in [0.4, 0.5) is 9.93 Å². The topological polar surface area (TPSA) is 65.7 Å². The summed E-state index contributed by atoms with van der Waals surface area (Å²) in [5.74, 6) is 0. The number of nitrogens with zero attached hydrogens (tertiary/aromatic N) is 4. The SMILES string of the molecule is CCN(CC)C(=O)N1CCN(Cc2cnc(N)s2)CC1.Cl. The summed E-state index contributed by atoms with van der Waals surface area (Å²) in [6.07, 6.45) is 1.84. The quantitative estimate of drug-likeness (QED) is 0.911. The van der Waals surface area contributed by atoms with E-state index in [1.54, 1.807) is 0 Å². The maximum Gasteiger partial charge on any atom is 0.320 e. The number of halogens is 1. The molecule has 2 heterocycles. The first-order valence-corrected chi connectivity index (χ1v) is 7.92. The van der Waals surface area contributed by atoms with E-state index >= 15 is 0 Å². The Morgan fingerprint density at radius 3 is 2.43 bits per heavy atom. The zero-order valence-electron chi connectivity index (χ0n) is 12.6. The summed E-state index contributed by atoms with van der Waals surface area (Å²) in [6.45, 7) is 9.87. The van der Waals surface area contributed by atoms with Crippen molar-refractivity contribution < 1.29 is 4.79 Å². The van der Waals surface area contributed by atoms with Crippen molar-refractivity contribution in [2.45, 2.75) is 20.4 Å². The van der Waals surface area contributed by atoms with Crippen molar-refractivity contribution in [3.63, 3.8) is 0 Å². The Hall–Kier alpha value is -1.05. The Balaban J connectivity index is 0.00000220. The van der Waals surface area contributed by atoms with Crippen molar-refractivity contribution in [3.8, 4) is 0 Å². The van der Waals surface area contributed by atoms with Crippen LogP contribution in [-0.2, 0) is 6.54 Å². The lowest BCUT2D eigenvalue weighted by Gasteiger charge is -2.36. The molecule has 1 aliphatic rings. The molecule has 0 spiro atoms. The Morgan fingerprint density at radius 1 is 1.33 bits per heavy atom. The molecule has 1 aromatic heterocycles. The van der Waals surface area contributed by atoms with Crippen LogP contribution in [0, 0.1) is 0 Å². The Labute approximate surface area is 136 Å². The van der Waals surface area contributed by atoms with Gasteiger partial charge in [0, 0.05) is 56.9 Å². The number of piperazine rings is 1. The van der Waals surface area contributed by atoms with Gasteiger partial charge in [0.25, 0.3) is 0 Å². The van der Waals surface area contributed by atoms with E-state index in [4.69, 9.17) is 5.73 Å². The molecular formula is C13H24ClN5OS. The maximum absolute atomic E-state index is 12.2. The summed E-state index contributed by atoms with van der Waals surface area (Å²) in [4.78, 5) is 23.7. The maximum atomic E-state index is 12.2. The van der Waals surface area contributed by atoms with Crippen molar-refractivity contribution in [3.05, 3.63) is 11.1 Å². The van der Waals surface area contributed by atoms with Gasteiger partial charge in [-0.2, -0.15) is 0 Å². The van der Waals surface area contributed by atoms with Gasteiger partial charge in [0.1, 0.15) is 0 Å². The predicted octanol–water partition coefficient (Wildman–Crippen LogP) is 1.73. The number of aromatic nitrogens is 1. The van der Waals surface area contributed by atoms with Crippen molar-refractivity contribution in [1.82, 2.24) is 19.7 Å². The molecular weight excluding hydrogens is 310 g/mol. The summed E-state index contributed by atoms with van der Waals surface area (Å²) in [6, 6.07) is 0.164. The summed E-state index contributed by atoms with van der Waals surface area (Å²) in [5.41, 5.74) is 5.64. The second-order valence-corrected chi connectivity index (χ2v) is 6.03. The largest absolute Gasteiger partial charge is 0.375 e. The van der Waals surface area contributed by atoms with E-state index in [1.807, 2.05) is 29.8 Å². The van der Waals surface area contributed by atoms with Crippen molar-refractivity contribution >= 4 is 34.9 Å². The minimum absolute atomic E-state index is 0. The van der Waals surface area contributed by atoms with Crippen LogP contribution in [0.1, 0.15) is 18.7 Å². The summed E-state index contributed by atoms with van der Waals surface area (Å²) < 4.78 is 0. The average molecular weight is 334 g/mol. The second kappa shape index (κ2) is 8.41. The van der Waals surface area contributed by atoms with Crippen LogP contribution in [0.25, 0.3) is 0 Å². The van der Waals surface area contributed by atoms with Gasteiger partial charge in [-0.3, -0.25) is 4.90 Å². The monoisotopic (exact) mass is 333 g/mol. The third kappa shape index (κ3) is 4.72. The molecule has 0 saturated carbocycles. The minimum atomic E-state index is 0. The van der Waals surface area contributed by atoms with E-state index in [9.17, 15) is 4.79 Å². The lowest BCUT2D eigenvalue weighted by molar-refractivity contribution is 0.112. The second-order valence-electron chi connectivity index (χ2n) is 4.88. The fraction of sp³-hybridized carbons (Fsp3) is 0.692. The molecule has 6 nitrogen and oxygen atoms in total. The number of thiazole rings is 1. The van der Waals surface area contributed by atoms with Gasteiger partial charge >= 0.3 is 6.03 Å². The third-order valence-corrected chi connectivity index (χ3v) is 4.44. The van der Waals surface area contributed by atoms with Crippen LogP contribution in [0.5, 0.6) is 0 Å². The zero-order valence-corrected chi connectivity index (χ0v) is 14.3. The van der Waals surface area contributed by atoms with E-state index in [2.05, 4.69) is 9.88 Å². The molecule has 1 aromatic rings. The van der Waals surface area contributed by atoms with Crippen LogP contribution in [0.2, 0.25) is 0 Å². The van der Waals surface area contributed by atoms with Gasteiger partial charge in [-0.15, -0.1) is 23.7 Å². The Morgan fingerprint density at radius 2 is 1.95 bits per heavy atom. The van der Waals surface area contributed by atoms with Crippen molar-refractivity contribution in [1.29, 1.82) is 0 Å². The molecule has 1 fully saturated rings. The molecule has 2 amide bonds. The normalized spacial score (nSPS) is 15.6. The van der Waals surface area contributed by atoms with Gasteiger partial charge in [0.2, 0.25) is 0 Å². The van der Waals surface area contributed by atoms with E-state index < -0.39 is 0 Å². The van der Waals surface area contributed by atoms with Crippen LogP contribution >= 0.6 is 23.7 Å². The smallest absolute Gasteiger partial charge is 0.320 e. The first kappa shape index (κ1) is 18.0. The fourth-order valence-electron chi connectivity index (χ4n) is 2.41. The molecule has 2 N–H and O–H groups in total. The standard InChI is InChI=1S/C13H23N5OS.ClH/c1-3-17(4-2)13(19)18-7-5-16(6-8-18)10-11-9-15-12(14)20-11;/h9H,3-8,10H2,1-2H3,(H2,14,15);1H. The van der Waals surface area contributed by atoms with Crippen LogP contribution in [0.3, 0.4) is 0 Å². The van der Waals surface area contributed by atoms with Crippen molar-refractivity contribution in [2.24, 2.45) is 0 Å². The van der Waals surface area contributed by atoms with Crippen LogP contribution in [-0.4, -0.2) is 65.0 Å². The molecule has 0 aromatic carbocycles. The number of amides is 2. The molecule has 2 rings (SSSR count). The van der Waals surface area contributed by atoms with Gasteiger partial charge in [-0.1, -0.05) is 0 Å². The Bertz CT molecular complexity index is 444. The molecule has 0 unspecified atom stereocenters. The number of carbonyl (C=O) groups excluding carboxylic acids is 1. The number of hydrogen-bond acceptors (Lipinski definition) is 5. The molecule has 1 aliphatic heterocycles. The average Bonchev–Trinajstić information content (AvgIpc) is 2.86. The van der Waals surface area contributed by atoms with Gasteiger partial charge in [-0.25, -0.2) is 9.78 Å². The summed E-state index contributed by atoms with van der Waals surface area (Å²) in [7, 11) is 0. The molecule has 0 bridgehead atoms. The van der Waals surface area contributed by atoms with E-state index in [1.165, 1.54) is 16.2 Å². The van der Waals surface area contributed by atoms with E-state index in [-0.39, 0.29) is 18.4 Å². The zero-order chi connectivity index (χ0) is 14.5. The third-order valence-electron chi connectivity index (χ3n) is 3.63. The number of anilines is 1. The predicted molar refractivity (Wildman–Crippen MR) is 88.9 cm³/mol. The Kier molecular flexibility index (Phi) is 7.21. The number of rotatable bonds is 4. The van der Waals surface area contributed by atoms with Gasteiger partial charge in [0.15, 0.2) is 5.13 Å². The fourth-order valence-corrected chi connectivity index (χ4v) is 3.13. The minimum Gasteiger partial charge on any atom is -0.375 e. The van der Waals surface area contributed by atoms with Gasteiger partial charge in [-0.05, 0) is 13.8 Å². The number of nitrogen functional groups attached to an aromatic ring is 1. The number of nitrogens with two attached hydrogens (primary N) is 1. The van der Waals surface area contributed by atoms with Crippen molar-refractivity contribution in [2.75, 3.05) is 45.0 Å². The molecule has 8 heteroatoms. The summed E-state index contributed by atoms with van der Waals surface area (Å²) >= 11 is 1.54.